The summed E-state index contributed by atoms with van der Waals surface area (Å²) >= 11 is 0. The van der Waals surface area contributed by atoms with E-state index < -0.39 is 10.8 Å². The number of nitro groups is 1. The van der Waals surface area contributed by atoms with Crippen molar-refractivity contribution in [2.24, 2.45) is 0 Å². The van der Waals surface area contributed by atoms with Crippen LogP contribution in [0.15, 0.2) is 48.2 Å². The van der Waals surface area contributed by atoms with Crippen molar-refractivity contribution in [3.05, 3.63) is 63.8 Å². The van der Waals surface area contributed by atoms with Crippen LogP contribution in [0.2, 0.25) is 0 Å². The Balaban J connectivity index is 2.00. The second kappa shape index (κ2) is 12.6. The molecule has 0 fully saturated rings. The lowest BCUT2D eigenvalue weighted by atomic mass is 10.1. The number of anilines is 1. The Hall–Kier alpha value is -4.26. The molecule has 2 N–H and O–H groups in total. The van der Waals surface area contributed by atoms with E-state index >= 15 is 0 Å². The molecular formula is C23H26N4O6. The first-order valence-corrected chi connectivity index (χ1v) is 10.3. The number of non-ortho nitro benzene ring substituents is 1. The van der Waals surface area contributed by atoms with Gasteiger partial charge in [-0.1, -0.05) is 6.07 Å². The zero-order valence-corrected chi connectivity index (χ0v) is 18.7. The Morgan fingerprint density at radius 3 is 2.48 bits per heavy atom. The molecule has 0 aliphatic carbocycles. The van der Waals surface area contributed by atoms with Crippen molar-refractivity contribution in [1.82, 2.24) is 5.32 Å². The number of methoxy groups -OCH3 is 1. The zero-order chi connectivity index (χ0) is 24.2. The number of nitriles is 1. The monoisotopic (exact) mass is 454 g/mol. The molecule has 0 aliphatic rings. The minimum atomic E-state index is -0.670. The maximum absolute atomic E-state index is 12.4. The minimum absolute atomic E-state index is 0.114. The van der Waals surface area contributed by atoms with E-state index in [0.717, 1.165) is 5.56 Å². The van der Waals surface area contributed by atoms with Gasteiger partial charge in [0.15, 0.2) is 11.5 Å². The highest BCUT2D eigenvalue weighted by molar-refractivity contribution is 6.07. The van der Waals surface area contributed by atoms with Gasteiger partial charge in [0.1, 0.15) is 17.4 Å². The van der Waals surface area contributed by atoms with Crippen molar-refractivity contribution in [2.75, 3.05) is 32.2 Å². The number of nitro benzene ring substituents is 1. The van der Waals surface area contributed by atoms with Crippen molar-refractivity contribution in [3.8, 4) is 23.3 Å². The highest BCUT2D eigenvalue weighted by Crippen LogP contribution is 2.30. The highest BCUT2D eigenvalue weighted by atomic mass is 16.6. The molecule has 174 valence electrons. The van der Waals surface area contributed by atoms with Crippen molar-refractivity contribution in [1.29, 1.82) is 5.26 Å². The number of nitrogens with one attached hydrogen (secondary N) is 2. The number of benzene rings is 2. The van der Waals surface area contributed by atoms with Gasteiger partial charge in [-0.15, -0.1) is 0 Å². The summed E-state index contributed by atoms with van der Waals surface area (Å²) in [4.78, 5) is 22.8. The van der Waals surface area contributed by atoms with E-state index in [2.05, 4.69) is 10.6 Å². The van der Waals surface area contributed by atoms with Crippen LogP contribution in [-0.2, 0) is 11.2 Å². The first-order chi connectivity index (χ1) is 15.9. The maximum Gasteiger partial charge on any atom is 0.273 e. The molecular weight excluding hydrogens is 428 g/mol. The summed E-state index contributed by atoms with van der Waals surface area (Å²) in [5.74, 6) is 0.794. The normalized spacial score (nSPS) is 10.7. The van der Waals surface area contributed by atoms with Crippen LogP contribution in [0.25, 0.3) is 0 Å². The van der Waals surface area contributed by atoms with Crippen LogP contribution >= 0.6 is 0 Å². The lowest BCUT2D eigenvalue weighted by Gasteiger charge is -2.12. The van der Waals surface area contributed by atoms with Gasteiger partial charge in [-0.3, -0.25) is 14.9 Å². The number of nitrogens with zero attached hydrogens (tertiary/aromatic N) is 2. The van der Waals surface area contributed by atoms with Gasteiger partial charge in [0, 0.05) is 18.8 Å². The Morgan fingerprint density at radius 2 is 1.85 bits per heavy atom. The molecule has 0 atom stereocenters. The quantitative estimate of drug-likeness (QED) is 0.163. The molecule has 10 heteroatoms. The average Bonchev–Trinajstić information content (AvgIpc) is 2.81. The topological polar surface area (TPSA) is 136 Å². The molecule has 2 rings (SSSR count). The van der Waals surface area contributed by atoms with Gasteiger partial charge in [-0.05, 0) is 44.0 Å². The first-order valence-electron chi connectivity index (χ1n) is 10.3. The number of amides is 1. The number of rotatable bonds is 12. The molecule has 0 heterocycles. The van der Waals surface area contributed by atoms with Gasteiger partial charge in [-0.2, -0.15) is 5.26 Å². The van der Waals surface area contributed by atoms with Crippen molar-refractivity contribution in [3.63, 3.8) is 0 Å². The van der Waals surface area contributed by atoms with E-state index in [9.17, 15) is 20.2 Å². The predicted octanol–water partition coefficient (Wildman–Crippen LogP) is 3.58. The SMILES string of the molecule is CCOc1ccc(CCN/C=C(/C#N)C(=O)Nc2ccc([N+](=O)[O-])cc2OC)cc1OCC. The highest BCUT2D eigenvalue weighted by Gasteiger charge is 2.15. The Labute approximate surface area is 191 Å². The van der Waals surface area contributed by atoms with Crippen LogP contribution in [0.4, 0.5) is 11.4 Å². The number of carbonyl (C=O) groups excluding carboxylic acids is 1. The third-order valence-electron chi connectivity index (χ3n) is 4.42. The van der Waals surface area contributed by atoms with Gasteiger partial charge >= 0.3 is 0 Å². The molecule has 0 aromatic heterocycles. The smallest absolute Gasteiger partial charge is 0.273 e. The molecule has 0 aliphatic heterocycles. The van der Waals surface area contributed by atoms with Crippen LogP contribution in [0.3, 0.4) is 0 Å². The molecule has 0 bridgehead atoms. The van der Waals surface area contributed by atoms with E-state index in [-0.39, 0.29) is 22.7 Å². The molecule has 0 saturated heterocycles. The lowest BCUT2D eigenvalue weighted by molar-refractivity contribution is -0.384. The Bertz CT molecular complexity index is 1060. The third kappa shape index (κ3) is 7.14. The summed E-state index contributed by atoms with van der Waals surface area (Å²) < 4.78 is 16.3. The fraction of sp³-hybridized carbons (Fsp3) is 0.304. The molecule has 0 radical (unpaired) electrons. The molecule has 1 amide bonds. The molecule has 0 spiro atoms. The van der Waals surface area contributed by atoms with Crippen molar-refractivity contribution in [2.45, 2.75) is 20.3 Å². The van der Waals surface area contributed by atoms with Crippen LogP contribution in [0, 0.1) is 21.4 Å². The summed E-state index contributed by atoms with van der Waals surface area (Å²) in [7, 11) is 1.33. The predicted molar refractivity (Wildman–Crippen MR) is 122 cm³/mol. The fourth-order valence-electron chi connectivity index (χ4n) is 2.88. The summed E-state index contributed by atoms with van der Waals surface area (Å²) in [6.07, 6.45) is 1.95. The average molecular weight is 454 g/mol. The van der Waals surface area contributed by atoms with Gasteiger partial charge in [0.25, 0.3) is 11.6 Å². The van der Waals surface area contributed by atoms with E-state index in [1.54, 1.807) is 0 Å². The number of ether oxygens (including phenoxy) is 3. The molecule has 10 nitrogen and oxygen atoms in total. The molecule has 0 saturated carbocycles. The van der Waals surface area contributed by atoms with Crippen LogP contribution < -0.4 is 24.8 Å². The Kier molecular flexibility index (Phi) is 9.52. The van der Waals surface area contributed by atoms with E-state index in [1.807, 2.05) is 38.1 Å². The Morgan fingerprint density at radius 1 is 1.12 bits per heavy atom. The summed E-state index contributed by atoms with van der Waals surface area (Å²) in [5.41, 5.74) is 0.884. The van der Waals surface area contributed by atoms with E-state index in [4.69, 9.17) is 14.2 Å². The van der Waals surface area contributed by atoms with Gasteiger partial charge in [0.05, 0.1) is 37.0 Å². The summed E-state index contributed by atoms with van der Waals surface area (Å²) in [6.45, 7) is 5.33. The zero-order valence-electron chi connectivity index (χ0n) is 18.7. The van der Waals surface area contributed by atoms with Crippen LogP contribution in [0.5, 0.6) is 17.2 Å². The van der Waals surface area contributed by atoms with Crippen LogP contribution in [-0.4, -0.2) is 37.7 Å². The largest absolute Gasteiger partial charge is 0.494 e. The summed E-state index contributed by atoms with van der Waals surface area (Å²) in [6, 6.07) is 11.3. The van der Waals surface area contributed by atoms with Crippen LogP contribution in [0.1, 0.15) is 19.4 Å². The van der Waals surface area contributed by atoms with Crippen molar-refractivity contribution >= 4 is 17.3 Å². The third-order valence-corrected chi connectivity index (χ3v) is 4.42. The minimum Gasteiger partial charge on any atom is -0.494 e. The first kappa shape index (κ1) is 25.0. The second-order valence-corrected chi connectivity index (χ2v) is 6.62. The summed E-state index contributed by atoms with van der Waals surface area (Å²) in [5, 5.41) is 25.7. The fourth-order valence-corrected chi connectivity index (χ4v) is 2.88. The van der Waals surface area contributed by atoms with Crippen molar-refractivity contribution < 1.29 is 23.9 Å². The molecule has 33 heavy (non-hydrogen) atoms. The number of hydrogen-bond acceptors (Lipinski definition) is 8. The molecule has 0 unspecified atom stereocenters. The second-order valence-electron chi connectivity index (χ2n) is 6.62. The molecule has 2 aromatic carbocycles. The van der Waals surface area contributed by atoms with Gasteiger partial charge in [0.2, 0.25) is 0 Å². The maximum atomic E-state index is 12.4. The van der Waals surface area contributed by atoms with Gasteiger partial charge < -0.3 is 24.8 Å². The number of carbonyl (C=O) groups is 1. The van der Waals surface area contributed by atoms with E-state index in [0.29, 0.717) is 37.7 Å². The lowest BCUT2D eigenvalue weighted by Crippen LogP contribution is -2.18. The van der Waals surface area contributed by atoms with E-state index in [1.165, 1.54) is 31.5 Å². The standard InChI is InChI=1S/C23H26N4O6/c1-4-32-20-9-6-16(12-22(20)33-5-2)10-11-25-15-17(14-24)23(28)26-19-8-7-18(27(29)30)13-21(19)31-3/h6-9,12-13,15,25H,4-5,10-11H2,1-3H3,(H,26,28)/b17-15-. The molecule has 2 aromatic rings. The number of hydrogen-bond donors (Lipinski definition) is 2. The van der Waals surface area contributed by atoms with Gasteiger partial charge in [-0.25, -0.2) is 0 Å².